The summed E-state index contributed by atoms with van der Waals surface area (Å²) >= 11 is 0. The fourth-order valence-corrected chi connectivity index (χ4v) is 3.52. The standard InChI is InChI=1S/C19H41N3O/c1-9-22(10-2,11-3)14-12-13-16(4)21-17(23)19(8,20)15-18(5,6)7/h16H,9-15,20H2,1-8H3/p+1. The lowest BCUT2D eigenvalue weighted by atomic mass is 9.80. The van der Waals surface area contributed by atoms with Gasteiger partial charge in [-0.3, -0.25) is 4.79 Å². The maximum Gasteiger partial charge on any atom is 0.240 e. The van der Waals surface area contributed by atoms with Gasteiger partial charge in [0, 0.05) is 6.04 Å². The molecule has 138 valence electrons. The monoisotopic (exact) mass is 328 g/mol. The minimum absolute atomic E-state index is 0.0258. The van der Waals surface area contributed by atoms with Crippen LogP contribution in [-0.2, 0) is 4.79 Å². The summed E-state index contributed by atoms with van der Waals surface area (Å²) in [6, 6.07) is 0.179. The summed E-state index contributed by atoms with van der Waals surface area (Å²) < 4.78 is 1.17. The Morgan fingerprint density at radius 3 is 1.96 bits per heavy atom. The predicted octanol–water partition coefficient (Wildman–Crippen LogP) is 3.30. The molecule has 0 aromatic heterocycles. The lowest BCUT2D eigenvalue weighted by Gasteiger charge is -2.36. The van der Waals surface area contributed by atoms with E-state index in [1.54, 1.807) is 0 Å². The van der Waals surface area contributed by atoms with E-state index in [4.69, 9.17) is 5.73 Å². The average Bonchev–Trinajstić information content (AvgIpc) is 2.41. The Hall–Kier alpha value is -0.610. The van der Waals surface area contributed by atoms with Crippen LogP contribution in [-0.4, -0.2) is 48.2 Å². The van der Waals surface area contributed by atoms with Crippen LogP contribution >= 0.6 is 0 Å². The molecule has 0 aromatic carbocycles. The summed E-state index contributed by atoms with van der Waals surface area (Å²) in [5.41, 5.74) is 5.49. The normalized spacial score (nSPS) is 16.7. The van der Waals surface area contributed by atoms with Crippen molar-refractivity contribution in [3.63, 3.8) is 0 Å². The highest BCUT2D eigenvalue weighted by Gasteiger charge is 2.33. The van der Waals surface area contributed by atoms with Gasteiger partial charge >= 0.3 is 0 Å². The molecule has 0 saturated heterocycles. The van der Waals surface area contributed by atoms with Crippen molar-refractivity contribution in [1.82, 2.24) is 5.32 Å². The molecule has 2 atom stereocenters. The lowest BCUT2D eigenvalue weighted by Crippen LogP contribution is -2.55. The molecule has 0 aliphatic carbocycles. The Morgan fingerprint density at radius 2 is 1.57 bits per heavy atom. The van der Waals surface area contributed by atoms with Crippen LogP contribution in [0.3, 0.4) is 0 Å². The second-order valence-corrected chi connectivity index (χ2v) is 8.69. The minimum Gasteiger partial charge on any atom is -0.352 e. The number of nitrogens with one attached hydrogen (secondary N) is 1. The van der Waals surface area contributed by atoms with E-state index < -0.39 is 5.54 Å². The highest BCUT2D eigenvalue weighted by Crippen LogP contribution is 2.25. The molecule has 0 radical (unpaired) electrons. The Balaban J connectivity index is 4.39. The van der Waals surface area contributed by atoms with E-state index in [1.807, 2.05) is 6.92 Å². The van der Waals surface area contributed by atoms with Crippen LogP contribution in [0.15, 0.2) is 0 Å². The van der Waals surface area contributed by atoms with Gasteiger partial charge in [0.25, 0.3) is 0 Å². The van der Waals surface area contributed by atoms with Crippen molar-refractivity contribution in [2.45, 2.75) is 86.2 Å². The van der Waals surface area contributed by atoms with Crippen LogP contribution < -0.4 is 11.1 Å². The SMILES string of the molecule is CC[N+](CC)(CC)CCCC(C)NC(=O)C(C)(N)CC(C)(C)C. The third kappa shape index (κ3) is 8.16. The molecule has 0 spiro atoms. The van der Waals surface area contributed by atoms with Crippen molar-refractivity contribution in [1.29, 1.82) is 0 Å². The van der Waals surface area contributed by atoms with Crippen LogP contribution in [0.4, 0.5) is 0 Å². The molecule has 0 aromatic rings. The second kappa shape index (κ2) is 9.03. The van der Waals surface area contributed by atoms with Gasteiger partial charge in [0.15, 0.2) is 0 Å². The van der Waals surface area contributed by atoms with Crippen molar-refractivity contribution in [2.24, 2.45) is 11.1 Å². The molecule has 0 saturated carbocycles. The zero-order chi connectivity index (χ0) is 18.3. The van der Waals surface area contributed by atoms with Gasteiger partial charge in [-0.2, -0.15) is 0 Å². The van der Waals surface area contributed by atoms with E-state index in [9.17, 15) is 4.79 Å². The Kier molecular flexibility index (Phi) is 8.79. The molecule has 4 heteroatoms. The molecule has 0 fully saturated rings. The number of carbonyl (C=O) groups is 1. The maximum absolute atomic E-state index is 12.4. The molecule has 2 unspecified atom stereocenters. The number of rotatable bonds is 10. The van der Waals surface area contributed by atoms with Gasteiger partial charge in [0.1, 0.15) is 0 Å². The fourth-order valence-electron chi connectivity index (χ4n) is 3.52. The first-order chi connectivity index (χ1) is 10.4. The Bertz CT molecular complexity index is 346. The quantitative estimate of drug-likeness (QED) is 0.605. The molecule has 0 heterocycles. The van der Waals surface area contributed by atoms with Crippen molar-refractivity contribution >= 4 is 5.91 Å². The molecule has 4 nitrogen and oxygen atoms in total. The van der Waals surface area contributed by atoms with E-state index in [1.165, 1.54) is 30.7 Å². The summed E-state index contributed by atoms with van der Waals surface area (Å²) in [5.74, 6) is -0.0258. The minimum atomic E-state index is -0.803. The van der Waals surface area contributed by atoms with E-state index >= 15 is 0 Å². The number of hydrogen-bond donors (Lipinski definition) is 2. The average molecular weight is 329 g/mol. The van der Waals surface area contributed by atoms with E-state index in [0.29, 0.717) is 6.42 Å². The number of hydrogen-bond acceptors (Lipinski definition) is 2. The summed E-state index contributed by atoms with van der Waals surface area (Å²) in [4.78, 5) is 12.4. The predicted molar refractivity (Wildman–Crippen MR) is 100 cm³/mol. The third-order valence-corrected chi connectivity index (χ3v) is 5.08. The molecule has 1 amide bonds. The first-order valence-corrected chi connectivity index (χ1v) is 9.36. The van der Waals surface area contributed by atoms with Gasteiger partial charge in [-0.15, -0.1) is 0 Å². The second-order valence-electron chi connectivity index (χ2n) is 8.69. The topological polar surface area (TPSA) is 55.1 Å². The van der Waals surface area contributed by atoms with Gasteiger partial charge in [0.2, 0.25) is 5.91 Å². The van der Waals surface area contributed by atoms with Gasteiger partial charge in [-0.05, 0) is 59.3 Å². The highest BCUT2D eigenvalue weighted by atomic mass is 16.2. The first kappa shape index (κ1) is 22.4. The molecule has 0 aliphatic heterocycles. The molecule has 0 bridgehead atoms. The van der Waals surface area contributed by atoms with Crippen molar-refractivity contribution in [3.05, 3.63) is 0 Å². The van der Waals surface area contributed by atoms with Crippen molar-refractivity contribution < 1.29 is 9.28 Å². The zero-order valence-electron chi connectivity index (χ0n) is 17.0. The van der Waals surface area contributed by atoms with Crippen LogP contribution in [0, 0.1) is 5.41 Å². The summed E-state index contributed by atoms with van der Waals surface area (Å²) in [7, 11) is 0. The van der Waals surface area contributed by atoms with Gasteiger partial charge in [-0.25, -0.2) is 0 Å². The molecular formula is C19H42N3O+. The smallest absolute Gasteiger partial charge is 0.240 e. The summed E-state index contributed by atoms with van der Waals surface area (Å²) in [5, 5.41) is 3.11. The molecule has 23 heavy (non-hydrogen) atoms. The Morgan fingerprint density at radius 1 is 1.09 bits per heavy atom. The third-order valence-electron chi connectivity index (χ3n) is 5.08. The van der Waals surface area contributed by atoms with Crippen LogP contribution in [0.25, 0.3) is 0 Å². The Labute approximate surface area is 144 Å². The van der Waals surface area contributed by atoms with Crippen LogP contribution in [0.5, 0.6) is 0 Å². The molecular weight excluding hydrogens is 286 g/mol. The lowest BCUT2D eigenvalue weighted by molar-refractivity contribution is -0.923. The zero-order valence-corrected chi connectivity index (χ0v) is 17.0. The van der Waals surface area contributed by atoms with Crippen molar-refractivity contribution in [2.75, 3.05) is 26.2 Å². The summed E-state index contributed by atoms with van der Waals surface area (Å²) in [6.45, 7) is 21.8. The van der Waals surface area contributed by atoms with Gasteiger partial charge in [0.05, 0.1) is 31.7 Å². The number of nitrogens with zero attached hydrogens (tertiary/aromatic N) is 1. The molecule has 0 aliphatic rings. The summed E-state index contributed by atoms with van der Waals surface area (Å²) in [6.07, 6.45) is 2.83. The number of carbonyl (C=O) groups excluding carboxylic acids is 1. The fraction of sp³-hybridized carbons (Fsp3) is 0.947. The molecule has 3 N–H and O–H groups in total. The number of amides is 1. The van der Waals surface area contributed by atoms with Crippen LogP contribution in [0.2, 0.25) is 0 Å². The highest BCUT2D eigenvalue weighted by molar-refractivity contribution is 5.85. The van der Waals surface area contributed by atoms with Crippen molar-refractivity contribution in [3.8, 4) is 0 Å². The first-order valence-electron chi connectivity index (χ1n) is 9.36. The number of quaternary nitrogens is 1. The van der Waals surface area contributed by atoms with Gasteiger partial charge < -0.3 is 15.5 Å². The van der Waals surface area contributed by atoms with E-state index in [-0.39, 0.29) is 17.4 Å². The maximum atomic E-state index is 12.4. The largest absolute Gasteiger partial charge is 0.352 e. The molecule has 0 rings (SSSR count). The van der Waals surface area contributed by atoms with E-state index in [0.717, 1.165) is 12.8 Å². The van der Waals surface area contributed by atoms with Crippen LogP contribution in [0.1, 0.15) is 74.7 Å². The van der Waals surface area contributed by atoms with E-state index in [2.05, 4.69) is 53.8 Å². The number of nitrogens with two attached hydrogens (primary N) is 1. The van der Waals surface area contributed by atoms with Gasteiger partial charge in [-0.1, -0.05) is 20.8 Å².